The molecule has 0 aromatic heterocycles. The molecular weight excluding hydrogens is 320 g/mol. The summed E-state index contributed by atoms with van der Waals surface area (Å²) in [6.45, 7) is 0.574. The van der Waals surface area contributed by atoms with E-state index in [1.807, 2.05) is 36.4 Å². The van der Waals surface area contributed by atoms with E-state index in [0.717, 1.165) is 16.8 Å². The molecule has 3 N–H and O–H groups in total. The van der Waals surface area contributed by atoms with Crippen LogP contribution >= 0.6 is 0 Å². The highest BCUT2D eigenvalue weighted by molar-refractivity contribution is 5.74. The Labute approximate surface area is 147 Å². The van der Waals surface area contributed by atoms with Gasteiger partial charge in [0.2, 0.25) is 11.7 Å². The minimum absolute atomic E-state index is 0.306. The van der Waals surface area contributed by atoms with Crippen molar-refractivity contribution in [3.63, 3.8) is 0 Å². The van der Waals surface area contributed by atoms with Gasteiger partial charge in [-0.1, -0.05) is 18.2 Å². The van der Waals surface area contributed by atoms with Crippen LogP contribution in [0.25, 0.3) is 0 Å². The van der Waals surface area contributed by atoms with Crippen LogP contribution in [0, 0.1) is 0 Å². The van der Waals surface area contributed by atoms with Crippen molar-refractivity contribution in [2.24, 2.45) is 5.73 Å². The van der Waals surface area contributed by atoms with Crippen LogP contribution in [0.5, 0.6) is 17.2 Å². The fraction of sp³-hybridized carbons (Fsp3) is 0.316. The van der Waals surface area contributed by atoms with E-state index >= 15 is 0 Å². The fourth-order valence-electron chi connectivity index (χ4n) is 2.60. The van der Waals surface area contributed by atoms with E-state index in [1.54, 1.807) is 21.3 Å². The van der Waals surface area contributed by atoms with Gasteiger partial charge in [-0.2, -0.15) is 0 Å². The molecule has 25 heavy (non-hydrogen) atoms. The maximum atomic E-state index is 11.0. The summed E-state index contributed by atoms with van der Waals surface area (Å²) in [6, 6.07) is 11.7. The molecule has 0 aliphatic heterocycles. The van der Waals surface area contributed by atoms with Crippen molar-refractivity contribution in [1.29, 1.82) is 0 Å². The van der Waals surface area contributed by atoms with Gasteiger partial charge in [-0.3, -0.25) is 4.79 Å². The lowest BCUT2D eigenvalue weighted by Gasteiger charge is -2.16. The Kier molecular flexibility index (Phi) is 6.51. The van der Waals surface area contributed by atoms with Crippen molar-refractivity contribution < 1.29 is 19.0 Å². The highest BCUT2D eigenvalue weighted by Crippen LogP contribution is 2.38. The molecule has 2 rings (SSSR count). The number of methoxy groups -OCH3 is 3. The van der Waals surface area contributed by atoms with Gasteiger partial charge in [0.25, 0.3) is 0 Å². The topological polar surface area (TPSA) is 82.8 Å². The molecule has 0 aliphatic carbocycles. The zero-order chi connectivity index (χ0) is 18.2. The van der Waals surface area contributed by atoms with Crippen LogP contribution in [0.3, 0.4) is 0 Å². The first-order valence-corrected chi connectivity index (χ1v) is 7.98. The summed E-state index contributed by atoms with van der Waals surface area (Å²) in [7, 11) is 4.76. The number of carbonyl (C=O) groups excluding carboxylic acids is 1. The lowest BCUT2D eigenvalue weighted by molar-refractivity contribution is -0.117. The molecule has 1 amide bonds. The number of anilines is 1. The Morgan fingerprint density at radius 2 is 1.68 bits per heavy atom. The number of aryl methyl sites for hydroxylation is 1. The second-order valence-electron chi connectivity index (χ2n) is 5.51. The average Bonchev–Trinajstić information content (AvgIpc) is 2.64. The number of carbonyl (C=O) groups is 1. The number of primary amides is 1. The van der Waals surface area contributed by atoms with Gasteiger partial charge in [0, 0.05) is 18.7 Å². The maximum Gasteiger partial charge on any atom is 0.217 e. The van der Waals surface area contributed by atoms with Crippen LogP contribution in [-0.4, -0.2) is 27.2 Å². The molecular formula is C19H24N2O4. The van der Waals surface area contributed by atoms with Gasteiger partial charge in [-0.05, 0) is 35.7 Å². The third-order valence-corrected chi connectivity index (χ3v) is 3.87. The molecule has 2 aromatic carbocycles. The summed E-state index contributed by atoms with van der Waals surface area (Å²) in [4.78, 5) is 11.0. The summed E-state index contributed by atoms with van der Waals surface area (Å²) in [5, 5.41) is 3.39. The molecule has 6 heteroatoms. The third kappa shape index (κ3) is 4.79. The van der Waals surface area contributed by atoms with Crippen LogP contribution in [-0.2, 0) is 17.8 Å². The third-order valence-electron chi connectivity index (χ3n) is 3.87. The summed E-state index contributed by atoms with van der Waals surface area (Å²) < 4.78 is 16.1. The Hall–Kier alpha value is -2.89. The molecule has 0 radical (unpaired) electrons. The molecule has 0 heterocycles. The molecule has 0 atom stereocenters. The van der Waals surface area contributed by atoms with E-state index < -0.39 is 0 Å². The molecule has 0 fully saturated rings. The number of nitrogens with two attached hydrogens (primary N) is 1. The molecule has 6 nitrogen and oxygen atoms in total. The Morgan fingerprint density at radius 1 is 1.04 bits per heavy atom. The summed E-state index contributed by atoms with van der Waals surface area (Å²) in [6.07, 6.45) is 0.927. The van der Waals surface area contributed by atoms with Gasteiger partial charge in [-0.15, -0.1) is 0 Å². The van der Waals surface area contributed by atoms with E-state index in [4.69, 9.17) is 19.9 Å². The standard InChI is InChI=1S/C19H24N2O4/c1-23-16-10-13(11-17(24-2)19(16)25-3)12-21-15-7-5-4-6-14(15)8-9-18(20)22/h4-7,10-11,21H,8-9,12H2,1-3H3,(H2,20,22). The number of ether oxygens (including phenoxy) is 3. The number of amides is 1. The van der Waals surface area contributed by atoms with Gasteiger partial charge >= 0.3 is 0 Å². The molecule has 0 spiro atoms. The van der Waals surface area contributed by atoms with Crippen LogP contribution in [0.2, 0.25) is 0 Å². The Bertz CT molecular complexity index is 706. The van der Waals surface area contributed by atoms with E-state index in [0.29, 0.717) is 36.6 Å². The van der Waals surface area contributed by atoms with Gasteiger partial charge in [0.05, 0.1) is 21.3 Å². The minimum atomic E-state index is -0.306. The SMILES string of the molecule is COc1cc(CNc2ccccc2CCC(N)=O)cc(OC)c1OC. The van der Waals surface area contributed by atoms with Gasteiger partial charge in [0.1, 0.15) is 0 Å². The molecule has 0 aliphatic rings. The molecule has 0 unspecified atom stereocenters. The summed E-state index contributed by atoms with van der Waals surface area (Å²) in [5.41, 5.74) is 8.25. The van der Waals surface area contributed by atoms with Crippen LogP contribution in [0.4, 0.5) is 5.69 Å². The molecule has 2 aromatic rings. The van der Waals surface area contributed by atoms with E-state index in [9.17, 15) is 4.79 Å². The molecule has 134 valence electrons. The zero-order valence-electron chi connectivity index (χ0n) is 14.8. The van der Waals surface area contributed by atoms with Crippen LogP contribution in [0.1, 0.15) is 17.5 Å². The lowest BCUT2D eigenvalue weighted by Crippen LogP contribution is -2.12. The largest absolute Gasteiger partial charge is 0.493 e. The number of rotatable bonds is 9. The predicted molar refractivity (Wildman–Crippen MR) is 97.4 cm³/mol. The second kappa shape index (κ2) is 8.82. The normalized spacial score (nSPS) is 10.2. The smallest absolute Gasteiger partial charge is 0.217 e. The van der Waals surface area contributed by atoms with Gasteiger partial charge in [-0.25, -0.2) is 0 Å². The second-order valence-corrected chi connectivity index (χ2v) is 5.51. The maximum absolute atomic E-state index is 11.0. The zero-order valence-corrected chi connectivity index (χ0v) is 14.8. The number of nitrogens with one attached hydrogen (secondary N) is 1. The number of para-hydroxylation sites is 1. The number of benzene rings is 2. The highest BCUT2D eigenvalue weighted by atomic mass is 16.5. The molecule has 0 saturated heterocycles. The van der Waals surface area contributed by atoms with Gasteiger partial charge < -0.3 is 25.3 Å². The summed E-state index contributed by atoms with van der Waals surface area (Å²) >= 11 is 0. The Balaban J connectivity index is 2.17. The fourth-order valence-corrected chi connectivity index (χ4v) is 2.60. The summed E-state index contributed by atoms with van der Waals surface area (Å²) in [5.74, 6) is 1.48. The van der Waals surface area contributed by atoms with E-state index in [2.05, 4.69) is 5.32 Å². The van der Waals surface area contributed by atoms with E-state index in [-0.39, 0.29) is 5.91 Å². The quantitative estimate of drug-likeness (QED) is 0.731. The van der Waals surface area contributed by atoms with Crippen molar-refractivity contribution >= 4 is 11.6 Å². The Morgan fingerprint density at radius 3 is 2.24 bits per heavy atom. The molecule has 0 bridgehead atoms. The first-order valence-electron chi connectivity index (χ1n) is 7.98. The molecule has 0 saturated carbocycles. The minimum Gasteiger partial charge on any atom is -0.493 e. The van der Waals surface area contributed by atoms with Crippen LogP contribution in [0.15, 0.2) is 36.4 Å². The average molecular weight is 344 g/mol. The van der Waals surface area contributed by atoms with Crippen molar-refractivity contribution in [2.45, 2.75) is 19.4 Å². The highest BCUT2D eigenvalue weighted by Gasteiger charge is 2.13. The predicted octanol–water partition coefficient (Wildman–Crippen LogP) is 2.74. The lowest BCUT2D eigenvalue weighted by atomic mass is 10.1. The van der Waals surface area contributed by atoms with Gasteiger partial charge in [0.15, 0.2) is 11.5 Å². The van der Waals surface area contributed by atoms with Crippen molar-refractivity contribution in [3.05, 3.63) is 47.5 Å². The van der Waals surface area contributed by atoms with Crippen molar-refractivity contribution in [1.82, 2.24) is 0 Å². The van der Waals surface area contributed by atoms with Crippen molar-refractivity contribution in [3.8, 4) is 17.2 Å². The first-order chi connectivity index (χ1) is 12.1. The van der Waals surface area contributed by atoms with E-state index in [1.165, 1.54) is 0 Å². The van der Waals surface area contributed by atoms with Crippen LogP contribution < -0.4 is 25.3 Å². The first kappa shape index (κ1) is 18.4. The van der Waals surface area contributed by atoms with Crippen molar-refractivity contribution in [2.75, 3.05) is 26.6 Å². The number of hydrogen-bond donors (Lipinski definition) is 2. The monoisotopic (exact) mass is 344 g/mol. The number of hydrogen-bond acceptors (Lipinski definition) is 5.